The zero-order valence-corrected chi connectivity index (χ0v) is 9.74. The molecule has 0 aromatic rings. The predicted molar refractivity (Wildman–Crippen MR) is 57.0 cm³/mol. The summed E-state index contributed by atoms with van der Waals surface area (Å²) in [4.78, 5) is 10.4. The van der Waals surface area contributed by atoms with Crippen LogP contribution in [0.25, 0.3) is 0 Å². The van der Waals surface area contributed by atoms with E-state index >= 15 is 0 Å². The second kappa shape index (κ2) is 4.31. The van der Waals surface area contributed by atoms with Crippen molar-refractivity contribution in [1.29, 1.82) is 0 Å². The first-order chi connectivity index (χ1) is 7.49. The molecule has 1 aliphatic carbocycles. The van der Waals surface area contributed by atoms with Crippen LogP contribution in [0.2, 0.25) is 0 Å². The molecule has 2 fully saturated rings. The monoisotopic (exact) mass is 248 g/mol. The number of hydrogen-bond acceptors (Lipinski definition) is 3. The second-order valence-corrected chi connectivity index (χ2v) is 6.16. The van der Waals surface area contributed by atoms with E-state index in [1.807, 2.05) is 0 Å². The smallest absolute Gasteiger partial charge is 0.303 e. The van der Waals surface area contributed by atoms with E-state index in [1.165, 1.54) is 4.31 Å². The third-order valence-electron chi connectivity index (χ3n) is 3.02. The van der Waals surface area contributed by atoms with Crippen molar-refractivity contribution in [3.63, 3.8) is 0 Å². The SMILES string of the molecule is O=C(O)CCC1CNS(=O)(=O)N(C2CC2)C1. The van der Waals surface area contributed by atoms with Crippen molar-refractivity contribution in [3.05, 3.63) is 0 Å². The molecule has 1 saturated carbocycles. The summed E-state index contributed by atoms with van der Waals surface area (Å²) in [6, 6.07) is 0.144. The molecular weight excluding hydrogens is 232 g/mol. The Kier molecular flexibility index (Phi) is 3.18. The third-order valence-corrected chi connectivity index (χ3v) is 4.62. The summed E-state index contributed by atoms with van der Waals surface area (Å²) in [5.41, 5.74) is 0. The highest BCUT2D eigenvalue weighted by Crippen LogP contribution is 2.31. The van der Waals surface area contributed by atoms with Gasteiger partial charge >= 0.3 is 5.97 Å². The lowest BCUT2D eigenvalue weighted by Gasteiger charge is -2.32. The molecule has 1 aliphatic heterocycles. The Morgan fingerprint density at radius 2 is 2.12 bits per heavy atom. The first kappa shape index (κ1) is 11.8. The van der Waals surface area contributed by atoms with Gasteiger partial charge in [-0.25, -0.2) is 4.72 Å². The van der Waals surface area contributed by atoms with Gasteiger partial charge in [0, 0.05) is 25.6 Å². The van der Waals surface area contributed by atoms with Gasteiger partial charge in [-0.15, -0.1) is 0 Å². The van der Waals surface area contributed by atoms with Gasteiger partial charge in [-0.3, -0.25) is 4.79 Å². The van der Waals surface area contributed by atoms with Crippen molar-refractivity contribution in [2.24, 2.45) is 5.92 Å². The minimum Gasteiger partial charge on any atom is -0.481 e. The maximum absolute atomic E-state index is 11.6. The van der Waals surface area contributed by atoms with E-state index in [1.54, 1.807) is 0 Å². The van der Waals surface area contributed by atoms with Crippen LogP contribution >= 0.6 is 0 Å². The third kappa shape index (κ3) is 2.72. The summed E-state index contributed by atoms with van der Waals surface area (Å²) in [5.74, 6) is -0.716. The number of aliphatic carboxylic acids is 1. The lowest BCUT2D eigenvalue weighted by Crippen LogP contribution is -2.52. The Hall–Kier alpha value is -0.660. The van der Waals surface area contributed by atoms with Gasteiger partial charge in [0.1, 0.15) is 0 Å². The molecule has 1 heterocycles. The van der Waals surface area contributed by atoms with E-state index in [-0.39, 0.29) is 18.4 Å². The maximum atomic E-state index is 11.6. The van der Waals surface area contributed by atoms with Crippen LogP contribution < -0.4 is 4.72 Å². The van der Waals surface area contributed by atoms with Crippen LogP contribution in [0.15, 0.2) is 0 Å². The molecule has 0 aromatic carbocycles. The van der Waals surface area contributed by atoms with Gasteiger partial charge in [0.25, 0.3) is 10.2 Å². The van der Waals surface area contributed by atoms with E-state index in [4.69, 9.17) is 5.11 Å². The molecule has 16 heavy (non-hydrogen) atoms. The topological polar surface area (TPSA) is 86.7 Å². The maximum Gasteiger partial charge on any atom is 0.303 e. The van der Waals surface area contributed by atoms with Gasteiger partial charge < -0.3 is 5.11 Å². The Balaban J connectivity index is 1.93. The molecule has 1 atom stereocenters. The molecule has 2 aliphatic rings. The molecule has 2 rings (SSSR count). The minimum atomic E-state index is -3.30. The lowest BCUT2D eigenvalue weighted by molar-refractivity contribution is -0.137. The molecule has 92 valence electrons. The molecule has 0 bridgehead atoms. The fourth-order valence-electron chi connectivity index (χ4n) is 1.95. The number of carbonyl (C=O) groups is 1. The van der Waals surface area contributed by atoms with E-state index in [0.29, 0.717) is 19.5 Å². The molecule has 2 N–H and O–H groups in total. The van der Waals surface area contributed by atoms with Gasteiger partial charge in [0.05, 0.1) is 0 Å². The van der Waals surface area contributed by atoms with Crippen molar-refractivity contribution >= 4 is 16.2 Å². The van der Waals surface area contributed by atoms with Gasteiger partial charge in [-0.2, -0.15) is 12.7 Å². The highest BCUT2D eigenvalue weighted by molar-refractivity contribution is 7.87. The van der Waals surface area contributed by atoms with Crippen LogP contribution in [0, 0.1) is 5.92 Å². The largest absolute Gasteiger partial charge is 0.481 e. The summed E-state index contributed by atoms with van der Waals surface area (Å²) in [6.07, 6.45) is 2.48. The Morgan fingerprint density at radius 3 is 2.69 bits per heavy atom. The average molecular weight is 248 g/mol. The molecule has 7 heteroatoms. The van der Waals surface area contributed by atoms with Crippen molar-refractivity contribution in [3.8, 4) is 0 Å². The van der Waals surface area contributed by atoms with E-state index in [2.05, 4.69) is 4.72 Å². The van der Waals surface area contributed by atoms with Crippen LogP contribution in [0.4, 0.5) is 0 Å². The van der Waals surface area contributed by atoms with Crippen molar-refractivity contribution in [2.45, 2.75) is 31.7 Å². The van der Waals surface area contributed by atoms with Gasteiger partial charge in [0.2, 0.25) is 0 Å². The quantitative estimate of drug-likeness (QED) is 0.720. The average Bonchev–Trinajstić information content (AvgIpc) is 2.99. The summed E-state index contributed by atoms with van der Waals surface area (Å²) in [6.45, 7) is 0.826. The van der Waals surface area contributed by atoms with Crippen LogP contribution in [0.3, 0.4) is 0 Å². The molecule has 1 saturated heterocycles. The number of nitrogens with one attached hydrogen (secondary N) is 1. The summed E-state index contributed by atoms with van der Waals surface area (Å²) in [5, 5.41) is 8.58. The minimum absolute atomic E-state index is 0.102. The van der Waals surface area contributed by atoms with Crippen LogP contribution in [0.5, 0.6) is 0 Å². The van der Waals surface area contributed by atoms with Gasteiger partial charge in [-0.1, -0.05) is 0 Å². The van der Waals surface area contributed by atoms with Crippen LogP contribution in [0.1, 0.15) is 25.7 Å². The highest BCUT2D eigenvalue weighted by Gasteiger charge is 2.41. The molecule has 0 spiro atoms. The summed E-state index contributed by atoms with van der Waals surface area (Å²) < 4.78 is 27.3. The molecule has 0 amide bonds. The number of hydrogen-bond donors (Lipinski definition) is 2. The second-order valence-electron chi connectivity index (χ2n) is 4.45. The zero-order valence-electron chi connectivity index (χ0n) is 8.92. The first-order valence-electron chi connectivity index (χ1n) is 5.47. The fraction of sp³-hybridized carbons (Fsp3) is 0.889. The van der Waals surface area contributed by atoms with Crippen molar-refractivity contribution < 1.29 is 18.3 Å². The normalized spacial score (nSPS) is 30.1. The van der Waals surface area contributed by atoms with E-state index in [0.717, 1.165) is 12.8 Å². The highest BCUT2D eigenvalue weighted by atomic mass is 32.2. The lowest BCUT2D eigenvalue weighted by atomic mass is 10.0. The van der Waals surface area contributed by atoms with E-state index in [9.17, 15) is 13.2 Å². The number of rotatable bonds is 4. The summed E-state index contributed by atoms with van der Waals surface area (Å²) >= 11 is 0. The molecule has 0 aromatic heterocycles. The van der Waals surface area contributed by atoms with Crippen molar-refractivity contribution in [1.82, 2.24) is 9.03 Å². The van der Waals surface area contributed by atoms with Gasteiger partial charge in [0.15, 0.2) is 0 Å². The van der Waals surface area contributed by atoms with Gasteiger partial charge in [-0.05, 0) is 25.2 Å². The molecular formula is C9H16N2O4S. The number of carboxylic acid groups (broad SMARTS) is 1. The van der Waals surface area contributed by atoms with Crippen molar-refractivity contribution in [2.75, 3.05) is 13.1 Å². The number of carboxylic acids is 1. The first-order valence-corrected chi connectivity index (χ1v) is 6.91. The Bertz CT molecular complexity index is 377. The zero-order chi connectivity index (χ0) is 11.8. The Labute approximate surface area is 94.8 Å². The predicted octanol–water partition coefficient (Wildman–Crippen LogP) is -0.220. The van der Waals surface area contributed by atoms with Crippen LogP contribution in [-0.2, 0) is 15.0 Å². The standard InChI is InChI=1S/C9H16N2O4S/c12-9(13)4-1-7-5-10-16(14,15)11(6-7)8-2-3-8/h7-8,10H,1-6H2,(H,12,13). The Morgan fingerprint density at radius 1 is 1.44 bits per heavy atom. The van der Waals surface area contributed by atoms with Crippen LogP contribution in [-0.4, -0.2) is 42.9 Å². The fourth-order valence-corrected chi connectivity index (χ4v) is 3.57. The summed E-state index contributed by atoms with van der Waals surface area (Å²) in [7, 11) is -3.30. The van der Waals surface area contributed by atoms with E-state index < -0.39 is 16.2 Å². The molecule has 6 nitrogen and oxygen atoms in total. The number of nitrogens with zero attached hydrogens (tertiary/aromatic N) is 1. The molecule has 0 radical (unpaired) electrons. The molecule has 1 unspecified atom stereocenters.